The topological polar surface area (TPSA) is 22.0 Å². The number of ketones is 1. The van der Waals surface area contributed by atoms with Gasteiger partial charge in [-0.05, 0) is 49.1 Å². The van der Waals surface area contributed by atoms with E-state index in [9.17, 15) is 4.79 Å². The van der Waals surface area contributed by atoms with Gasteiger partial charge in [-0.2, -0.15) is 0 Å². The number of aromatic nitrogens is 1. The molecule has 1 aliphatic carbocycles. The van der Waals surface area contributed by atoms with Crippen molar-refractivity contribution in [2.45, 2.75) is 52.9 Å². The summed E-state index contributed by atoms with van der Waals surface area (Å²) in [5, 5.41) is 0. The Hall–Kier alpha value is -1.05. The van der Waals surface area contributed by atoms with Crippen molar-refractivity contribution in [1.29, 1.82) is 0 Å². The molecule has 1 saturated carbocycles. The summed E-state index contributed by atoms with van der Waals surface area (Å²) in [6.07, 6.45) is 7.29. The van der Waals surface area contributed by atoms with Crippen LogP contribution in [0.1, 0.15) is 52.1 Å². The van der Waals surface area contributed by atoms with Gasteiger partial charge >= 0.3 is 0 Å². The van der Waals surface area contributed by atoms with Gasteiger partial charge in [-0.15, -0.1) is 0 Å². The summed E-state index contributed by atoms with van der Waals surface area (Å²) in [5.41, 5.74) is 1.27. The Labute approximate surface area is 123 Å². The normalized spacial score (nSPS) is 26.9. The first kappa shape index (κ1) is 15.3. The minimum Gasteiger partial charge on any atom is -0.354 e. The Morgan fingerprint density at radius 3 is 2.75 bits per heavy atom. The van der Waals surface area contributed by atoms with Gasteiger partial charge in [0, 0.05) is 31.3 Å². The second kappa shape index (κ2) is 6.60. The number of nitrogens with zero attached hydrogens (tertiary/aromatic N) is 1. The maximum absolute atomic E-state index is 12.7. The molecule has 1 heterocycles. The van der Waals surface area contributed by atoms with Gasteiger partial charge in [-0.3, -0.25) is 4.79 Å². The van der Waals surface area contributed by atoms with Crippen molar-refractivity contribution in [1.82, 2.24) is 4.57 Å². The van der Waals surface area contributed by atoms with Crippen LogP contribution in [-0.4, -0.2) is 10.4 Å². The predicted octanol–water partition coefficient (Wildman–Crippen LogP) is 4.24. The van der Waals surface area contributed by atoms with Crippen LogP contribution in [0.2, 0.25) is 0 Å². The van der Waals surface area contributed by atoms with Crippen molar-refractivity contribution in [3.8, 4) is 0 Å². The van der Waals surface area contributed by atoms with E-state index in [1.807, 2.05) is 0 Å². The van der Waals surface area contributed by atoms with E-state index in [4.69, 9.17) is 0 Å². The van der Waals surface area contributed by atoms with Crippen LogP contribution in [0.5, 0.6) is 0 Å². The summed E-state index contributed by atoms with van der Waals surface area (Å²) in [6.45, 7) is 6.85. The van der Waals surface area contributed by atoms with Crippen molar-refractivity contribution >= 4 is 5.78 Å². The molecule has 2 heteroatoms. The van der Waals surface area contributed by atoms with E-state index in [2.05, 4.69) is 50.7 Å². The zero-order valence-corrected chi connectivity index (χ0v) is 13.4. The zero-order valence-electron chi connectivity index (χ0n) is 13.4. The molecule has 0 amide bonds. The zero-order chi connectivity index (χ0) is 14.7. The second-order valence-corrected chi connectivity index (χ2v) is 7.01. The molecule has 2 rings (SSSR count). The Balaban J connectivity index is 1.97. The molecule has 0 aromatic carbocycles. The minimum absolute atomic E-state index is 0.305. The van der Waals surface area contributed by atoms with E-state index >= 15 is 0 Å². The largest absolute Gasteiger partial charge is 0.354 e. The summed E-state index contributed by atoms with van der Waals surface area (Å²) >= 11 is 0. The SMILES string of the molecule is CC(C)[C@@H]1CC[C@@H](C)C[C@H]1C(=O)CCc1cccn1C. The highest BCUT2D eigenvalue weighted by Gasteiger charge is 2.34. The molecule has 20 heavy (non-hydrogen) atoms. The molecular weight excluding hydrogens is 246 g/mol. The second-order valence-electron chi connectivity index (χ2n) is 7.01. The van der Waals surface area contributed by atoms with Gasteiger partial charge in [0.25, 0.3) is 0 Å². The lowest BCUT2D eigenvalue weighted by Gasteiger charge is -2.36. The van der Waals surface area contributed by atoms with Gasteiger partial charge < -0.3 is 4.57 Å². The van der Waals surface area contributed by atoms with E-state index in [-0.39, 0.29) is 0 Å². The molecule has 0 spiro atoms. The lowest BCUT2D eigenvalue weighted by atomic mass is 9.68. The Kier molecular flexibility index (Phi) is 5.06. The van der Waals surface area contributed by atoms with Crippen LogP contribution >= 0.6 is 0 Å². The highest BCUT2D eigenvalue weighted by atomic mass is 16.1. The van der Waals surface area contributed by atoms with Gasteiger partial charge in [0.05, 0.1) is 0 Å². The van der Waals surface area contributed by atoms with Crippen LogP contribution < -0.4 is 0 Å². The van der Waals surface area contributed by atoms with Gasteiger partial charge in [0.1, 0.15) is 5.78 Å². The Morgan fingerprint density at radius 2 is 2.15 bits per heavy atom. The first-order valence-corrected chi connectivity index (χ1v) is 8.12. The summed E-state index contributed by atoms with van der Waals surface area (Å²) in [6, 6.07) is 4.18. The van der Waals surface area contributed by atoms with Crippen LogP contribution in [0.25, 0.3) is 0 Å². The number of hydrogen-bond donors (Lipinski definition) is 0. The number of rotatable bonds is 5. The van der Waals surface area contributed by atoms with Crippen molar-refractivity contribution in [3.63, 3.8) is 0 Å². The molecular formula is C18H29NO. The standard InChI is InChI=1S/C18H29NO/c1-13(2)16-9-7-14(3)12-17(16)18(20)10-8-15-6-5-11-19(15)4/h5-6,11,13-14,16-17H,7-10,12H2,1-4H3/t14-,16+,17-/m1/s1. The third-order valence-corrected chi connectivity index (χ3v) is 5.11. The molecule has 0 radical (unpaired) electrons. The maximum atomic E-state index is 12.7. The van der Waals surface area contributed by atoms with Crippen LogP contribution in [0.4, 0.5) is 0 Å². The molecule has 0 aliphatic heterocycles. The molecule has 0 N–H and O–H groups in total. The van der Waals surface area contributed by atoms with E-state index in [1.165, 1.54) is 18.5 Å². The lowest BCUT2D eigenvalue weighted by molar-refractivity contribution is -0.127. The number of hydrogen-bond acceptors (Lipinski definition) is 1. The molecule has 1 aromatic heterocycles. The third-order valence-electron chi connectivity index (χ3n) is 5.11. The van der Waals surface area contributed by atoms with E-state index in [0.29, 0.717) is 35.9 Å². The Bertz CT molecular complexity index is 446. The average molecular weight is 275 g/mol. The van der Waals surface area contributed by atoms with Gasteiger partial charge in [-0.25, -0.2) is 0 Å². The first-order chi connectivity index (χ1) is 9.49. The van der Waals surface area contributed by atoms with Crippen molar-refractivity contribution in [3.05, 3.63) is 24.0 Å². The first-order valence-electron chi connectivity index (χ1n) is 8.12. The number of Topliss-reactive ketones (excluding diaryl/α,β-unsaturated/α-hetero) is 1. The van der Waals surface area contributed by atoms with Crippen molar-refractivity contribution < 1.29 is 4.79 Å². The fraction of sp³-hybridized carbons (Fsp3) is 0.722. The highest BCUT2D eigenvalue weighted by Crippen LogP contribution is 2.39. The molecule has 1 aliphatic rings. The quantitative estimate of drug-likeness (QED) is 0.788. The molecule has 0 unspecified atom stereocenters. The molecule has 2 nitrogen and oxygen atoms in total. The van der Waals surface area contributed by atoms with Crippen molar-refractivity contribution in [2.75, 3.05) is 0 Å². The highest BCUT2D eigenvalue weighted by molar-refractivity contribution is 5.81. The summed E-state index contributed by atoms with van der Waals surface area (Å²) in [5.74, 6) is 2.75. The molecule has 3 atom stereocenters. The molecule has 1 aromatic rings. The van der Waals surface area contributed by atoms with Crippen molar-refractivity contribution in [2.24, 2.45) is 30.7 Å². The van der Waals surface area contributed by atoms with Gasteiger partial charge in [0.15, 0.2) is 0 Å². The minimum atomic E-state index is 0.305. The lowest BCUT2D eigenvalue weighted by Crippen LogP contribution is -2.33. The Morgan fingerprint density at radius 1 is 1.40 bits per heavy atom. The van der Waals surface area contributed by atoms with Gasteiger partial charge in [0.2, 0.25) is 0 Å². The monoisotopic (exact) mass is 275 g/mol. The summed E-state index contributed by atoms with van der Waals surface area (Å²) in [4.78, 5) is 12.7. The number of carbonyl (C=O) groups excluding carboxylic acids is 1. The van der Waals surface area contributed by atoms with Crippen LogP contribution in [-0.2, 0) is 18.3 Å². The average Bonchev–Trinajstić information content (AvgIpc) is 2.81. The molecule has 0 bridgehead atoms. The van der Waals surface area contributed by atoms with Crippen LogP contribution in [0.15, 0.2) is 18.3 Å². The summed E-state index contributed by atoms with van der Waals surface area (Å²) in [7, 11) is 2.05. The summed E-state index contributed by atoms with van der Waals surface area (Å²) < 4.78 is 2.12. The van der Waals surface area contributed by atoms with E-state index in [0.717, 1.165) is 12.8 Å². The van der Waals surface area contributed by atoms with Gasteiger partial charge in [-0.1, -0.05) is 27.2 Å². The predicted molar refractivity (Wildman–Crippen MR) is 83.6 cm³/mol. The maximum Gasteiger partial charge on any atom is 0.136 e. The fourth-order valence-corrected chi connectivity index (χ4v) is 3.77. The van der Waals surface area contributed by atoms with Crippen LogP contribution in [0, 0.1) is 23.7 Å². The molecule has 112 valence electrons. The molecule has 1 fully saturated rings. The fourth-order valence-electron chi connectivity index (χ4n) is 3.77. The third kappa shape index (κ3) is 3.53. The van der Waals surface area contributed by atoms with E-state index < -0.39 is 0 Å². The van der Waals surface area contributed by atoms with E-state index in [1.54, 1.807) is 0 Å². The number of carbonyl (C=O) groups is 1. The molecule has 0 saturated heterocycles. The van der Waals surface area contributed by atoms with Crippen LogP contribution in [0.3, 0.4) is 0 Å². The smallest absolute Gasteiger partial charge is 0.136 e. The number of aryl methyl sites for hydroxylation is 2.